The zero-order valence-corrected chi connectivity index (χ0v) is 11.7. The van der Waals surface area contributed by atoms with Crippen LogP contribution in [0.3, 0.4) is 0 Å². The number of aryl methyl sites for hydroxylation is 1. The number of carbonyl (C=O) groups is 1. The van der Waals surface area contributed by atoms with Gasteiger partial charge in [0.05, 0.1) is 18.9 Å². The van der Waals surface area contributed by atoms with Crippen LogP contribution in [0, 0.1) is 18.3 Å². The van der Waals surface area contributed by atoms with E-state index in [2.05, 4.69) is 20.7 Å². The fourth-order valence-electron chi connectivity index (χ4n) is 1.55. The molecule has 2 aromatic heterocycles. The van der Waals surface area contributed by atoms with Crippen molar-refractivity contribution in [2.24, 2.45) is 0 Å². The first-order valence-corrected chi connectivity index (χ1v) is 6.01. The lowest BCUT2D eigenvalue weighted by atomic mass is 10.1. The first kappa shape index (κ1) is 15.0. The maximum atomic E-state index is 12.0. The normalized spacial score (nSPS) is 11.3. The van der Waals surface area contributed by atoms with Crippen molar-refractivity contribution in [1.82, 2.24) is 15.4 Å². The maximum absolute atomic E-state index is 12.0. The van der Waals surface area contributed by atoms with Gasteiger partial charge >= 0.3 is 0 Å². The summed E-state index contributed by atoms with van der Waals surface area (Å²) in [5.41, 5.74) is -0.337. The van der Waals surface area contributed by atoms with E-state index < -0.39 is 17.2 Å². The predicted molar refractivity (Wildman–Crippen MR) is 73.6 cm³/mol. The lowest BCUT2D eigenvalue weighted by Gasteiger charge is -2.05. The highest BCUT2D eigenvalue weighted by Gasteiger charge is 2.20. The number of methoxy groups -OCH3 is 1. The standard InChI is InChI=1S/C13H11N5O4/c1-7-9(6-15-22-7)12(19)8(5-14)13(20)16-10-3-4-11(21-2)18-17-10/h3-4,6,19H,1-2H3,(H,16,17,20)/b12-8-. The van der Waals surface area contributed by atoms with Gasteiger partial charge in [-0.25, -0.2) is 0 Å². The minimum Gasteiger partial charge on any atom is -0.506 e. The quantitative estimate of drug-likeness (QED) is 0.489. The number of aliphatic hydroxyl groups is 1. The molecule has 112 valence electrons. The molecular weight excluding hydrogens is 290 g/mol. The summed E-state index contributed by atoms with van der Waals surface area (Å²) in [6, 6.07) is 4.57. The second-order valence-corrected chi connectivity index (χ2v) is 4.05. The van der Waals surface area contributed by atoms with Crippen LogP contribution >= 0.6 is 0 Å². The summed E-state index contributed by atoms with van der Waals surface area (Å²) >= 11 is 0. The lowest BCUT2D eigenvalue weighted by molar-refractivity contribution is -0.112. The predicted octanol–water partition coefficient (Wildman–Crippen LogP) is 1.21. The van der Waals surface area contributed by atoms with Gasteiger partial charge in [-0.2, -0.15) is 5.26 Å². The number of aromatic nitrogens is 3. The number of nitriles is 1. The number of carbonyl (C=O) groups excluding carboxylic acids is 1. The highest BCUT2D eigenvalue weighted by atomic mass is 16.5. The number of hydrogen-bond donors (Lipinski definition) is 2. The molecule has 0 saturated heterocycles. The second-order valence-electron chi connectivity index (χ2n) is 4.05. The summed E-state index contributed by atoms with van der Waals surface area (Å²) in [4.78, 5) is 12.0. The summed E-state index contributed by atoms with van der Waals surface area (Å²) < 4.78 is 9.62. The summed E-state index contributed by atoms with van der Waals surface area (Å²) in [7, 11) is 1.43. The van der Waals surface area contributed by atoms with Gasteiger partial charge in [0.1, 0.15) is 11.8 Å². The zero-order chi connectivity index (χ0) is 16.1. The molecule has 2 N–H and O–H groups in total. The Kier molecular flexibility index (Phi) is 4.33. The molecule has 0 aliphatic rings. The van der Waals surface area contributed by atoms with E-state index in [0.29, 0.717) is 0 Å². The van der Waals surface area contributed by atoms with Crippen LogP contribution in [0.4, 0.5) is 5.82 Å². The van der Waals surface area contributed by atoms with Crippen LogP contribution in [-0.4, -0.2) is 33.5 Å². The van der Waals surface area contributed by atoms with E-state index in [9.17, 15) is 9.90 Å². The number of nitrogens with zero attached hydrogens (tertiary/aromatic N) is 4. The second kappa shape index (κ2) is 6.36. The van der Waals surface area contributed by atoms with Crippen molar-refractivity contribution < 1.29 is 19.2 Å². The van der Waals surface area contributed by atoms with Gasteiger partial charge in [0.25, 0.3) is 5.91 Å². The van der Waals surface area contributed by atoms with Gasteiger partial charge in [-0.3, -0.25) is 4.79 Å². The molecule has 0 atom stereocenters. The number of aliphatic hydroxyl groups excluding tert-OH is 1. The molecule has 0 aromatic carbocycles. The molecule has 2 heterocycles. The molecule has 0 saturated carbocycles. The largest absolute Gasteiger partial charge is 0.506 e. The van der Waals surface area contributed by atoms with Crippen LogP contribution in [-0.2, 0) is 4.79 Å². The molecule has 0 aliphatic heterocycles. The van der Waals surface area contributed by atoms with Gasteiger partial charge in [0.2, 0.25) is 5.88 Å². The monoisotopic (exact) mass is 301 g/mol. The van der Waals surface area contributed by atoms with E-state index in [1.54, 1.807) is 13.0 Å². The average molecular weight is 301 g/mol. The third kappa shape index (κ3) is 3.01. The number of anilines is 1. The van der Waals surface area contributed by atoms with Crippen molar-refractivity contribution in [2.75, 3.05) is 12.4 Å². The molecule has 0 bridgehead atoms. The molecule has 0 aliphatic carbocycles. The van der Waals surface area contributed by atoms with E-state index in [0.717, 1.165) is 0 Å². The number of ether oxygens (including phenoxy) is 1. The van der Waals surface area contributed by atoms with Crippen molar-refractivity contribution in [1.29, 1.82) is 5.26 Å². The first-order valence-electron chi connectivity index (χ1n) is 6.01. The fourth-order valence-corrected chi connectivity index (χ4v) is 1.55. The molecule has 9 heteroatoms. The maximum Gasteiger partial charge on any atom is 0.271 e. The average Bonchev–Trinajstić information content (AvgIpc) is 2.94. The van der Waals surface area contributed by atoms with E-state index >= 15 is 0 Å². The van der Waals surface area contributed by atoms with E-state index in [4.69, 9.17) is 14.5 Å². The van der Waals surface area contributed by atoms with Gasteiger partial charge in [-0.05, 0) is 13.0 Å². The topological polar surface area (TPSA) is 134 Å². The Morgan fingerprint density at radius 3 is 2.73 bits per heavy atom. The SMILES string of the molecule is COc1ccc(NC(=O)/C(C#N)=C(\O)c2cnoc2C)nn1. The number of amides is 1. The lowest BCUT2D eigenvalue weighted by Crippen LogP contribution is -2.16. The smallest absolute Gasteiger partial charge is 0.271 e. The minimum absolute atomic E-state index is 0.105. The van der Waals surface area contributed by atoms with Crippen LogP contribution in [0.5, 0.6) is 5.88 Å². The van der Waals surface area contributed by atoms with Crippen molar-refractivity contribution >= 4 is 17.5 Å². The third-order valence-electron chi connectivity index (χ3n) is 2.67. The molecule has 22 heavy (non-hydrogen) atoms. The van der Waals surface area contributed by atoms with Crippen molar-refractivity contribution in [3.05, 3.63) is 35.2 Å². The van der Waals surface area contributed by atoms with Crippen LogP contribution in [0.1, 0.15) is 11.3 Å². The Bertz CT molecular complexity index is 757. The first-order chi connectivity index (χ1) is 10.6. The molecule has 2 rings (SSSR count). The van der Waals surface area contributed by atoms with Crippen LogP contribution in [0.25, 0.3) is 5.76 Å². The van der Waals surface area contributed by atoms with Gasteiger partial charge in [-0.1, -0.05) is 5.16 Å². The van der Waals surface area contributed by atoms with Crippen molar-refractivity contribution in [3.63, 3.8) is 0 Å². The van der Waals surface area contributed by atoms with E-state index in [1.165, 1.54) is 25.4 Å². The molecule has 2 aromatic rings. The number of hydrogen-bond acceptors (Lipinski definition) is 8. The zero-order valence-electron chi connectivity index (χ0n) is 11.7. The van der Waals surface area contributed by atoms with E-state index in [1.807, 2.05) is 0 Å². The highest BCUT2D eigenvalue weighted by molar-refractivity contribution is 6.10. The van der Waals surface area contributed by atoms with Gasteiger partial charge in [-0.15, -0.1) is 10.2 Å². The molecule has 0 radical (unpaired) electrons. The van der Waals surface area contributed by atoms with Gasteiger partial charge in [0.15, 0.2) is 17.2 Å². The Labute approximate surface area is 124 Å². The van der Waals surface area contributed by atoms with Crippen LogP contribution in [0.15, 0.2) is 28.4 Å². The fraction of sp³-hybridized carbons (Fsp3) is 0.154. The molecule has 0 unspecified atom stereocenters. The number of nitrogens with one attached hydrogen (secondary N) is 1. The summed E-state index contributed by atoms with van der Waals surface area (Å²) in [6.07, 6.45) is 1.21. The number of rotatable bonds is 4. The van der Waals surface area contributed by atoms with Gasteiger partial charge < -0.3 is 19.7 Å². The molecule has 1 amide bonds. The minimum atomic E-state index is -0.833. The Morgan fingerprint density at radius 1 is 1.45 bits per heavy atom. The van der Waals surface area contributed by atoms with Crippen molar-refractivity contribution in [3.8, 4) is 11.9 Å². The highest BCUT2D eigenvalue weighted by Crippen LogP contribution is 2.20. The molecule has 0 fully saturated rings. The molecule has 9 nitrogen and oxygen atoms in total. The van der Waals surface area contributed by atoms with Crippen molar-refractivity contribution in [2.45, 2.75) is 6.92 Å². The summed E-state index contributed by atoms with van der Waals surface area (Å²) in [6.45, 7) is 1.54. The molecule has 0 spiro atoms. The molecular formula is C13H11N5O4. The van der Waals surface area contributed by atoms with Crippen LogP contribution < -0.4 is 10.1 Å². The summed E-state index contributed by atoms with van der Waals surface area (Å²) in [5.74, 6) is -0.701. The third-order valence-corrected chi connectivity index (χ3v) is 2.67. The van der Waals surface area contributed by atoms with Crippen LogP contribution in [0.2, 0.25) is 0 Å². The summed E-state index contributed by atoms with van der Waals surface area (Å²) in [5, 5.41) is 32.3. The Balaban J connectivity index is 2.26. The van der Waals surface area contributed by atoms with E-state index in [-0.39, 0.29) is 23.0 Å². The Morgan fingerprint density at radius 2 is 2.23 bits per heavy atom. The van der Waals surface area contributed by atoms with Gasteiger partial charge in [0, 0.05) is 6.07 Å². The Hall–Kier alpha value is -3.41.